The van der Waals surface area contributed by atoms with Crippen molar-refractivity contribution in [3.63, 3.8) is 0 Å². The van der Waals surface area contributed by atoms with Gasteiger partial charge in [0.15, 0.2) is 0 Å². The van der Waals surface area contributed by atoms with Gasteiger partial charge in [0.1, 0.15) is 0 Å². The summed E-state index contributed by atoms with van der Waals surface area (Å²) < 4.78 is 0. The molecule has 0 aromatic rings. The maximum atomic E-state index is 9.34. The van der Waals surface area contributed by atoms with Crippen molar-refractivity contribution in [2.75, 3.05) is 6.61 Å². The monoisotopic (exact) mass is 160 g/mol. The van der Waals surface area contributed by atoms with Crippen LogP contribution < -0.4 is 0 Å². The Balaban J connectivity index is 3.90. The molecule has 2 nitrogen and oxygen atoms in total. The number of aliphatic hydroxyl groups is 2. The van der Waals surface area contributed by atoms with E-state index in [4.69, 9.17) is 5.11 Å². The highest BCUT2D eigenvalue weighted by Crippen LogP contribution is 2.28. The molecule has 0 aromatic carbocycles. The fraction of sp³-hybridized carbons (Fsp3) is 1.00. The molecule has 2 heteroatoms. The van der Waals surface area contributed by atoms with E-state index in [2.05, 4.69) is 0 Å². The van der Waals surface area contributed by atoms with E-state index >= 15 is 0 Å². The molecule has 0 radical (unpaired) electrons. The average Bonchev–Trinajstić information content (AvgIpc) is 1.86. The first kappa shape index (κ1) is 10.9. The highest BCUT2D eigenvalue weighted by atomic mass is 16.3. The quantitative estimate of drug-likeness (QED) is 0.653. The van der Waals surface area contributed by atoms with Gasteiger partial charge in [-0.15, -0.1) is 0 Å². The lowest BCUT2D eigenvalue weighted by Gasteiger charge is -2.30. The van der Waals surface area contributed by atoms with Crippen molar-refractivity contribution >= 4 is 0 Å². The molecular formula is C9H20O2. The minimum atomic E-state index is -0.309. The maximum Gasteiger partial charge on any atom is 0.0563 e. The standard InChI is InChI=1S/C9H20O2/c1-7(6-10)5-9(3,4)8(2)11/h7-8,10-11H,5-6H2,1-4H3. The third-order valence-corrected chi connectivity index (χ3v) is 2.32. The van der Waals surface area contributed by atoms with Gasteiger partial charge < -0.3 is 10.2 Å². The average molecular weight is 160 g/mol. The van der Waals surface area contributed by atoms with Crippen LogP contribution in [0.5, 0.6) is 0 Å². The van der Waals surface area contributed by atoms with E-state index < -0.39 is 0 Å². The maximum absolute atomic E-state index is 9.34. The first-order valence-corrected chi connectivity index (χ1v) is 4.19. The summed E-state index contributed by atoms with van der Waals surface area (Å²) in [4.78, 5) is 0. The van der Waals surface area contributed by atoms with Crippen molar-refractivity contribution in [1.82, 2.24) is 0 Å². The van der Waals surface area contributed by atoms with Crippen LogP contribution in [0.2, 0.25) is 0 Å². The topological polar surface area (TPSA) is 40.5 Å². The van der Waals surface area contributed by atoms with Gasteiger partial charge in [-0.1, -0.05) is 20.8 Å². The van der Waals surface area contributed by atoms with Crippen molar-refractivity contribution in [1.29, 1.82) is 0 Å². The van der Waals surface area contributed by atoms with Crippen LogP contribution in [0.25, 0.3) is 0 Å². The first-order chi connectivity index (χ1) is 4.90. The fourth-order valence-electron chi connectivity index (χ4n) is 1.13. The minimum absolute atomic E-state index is 0.0812. The summed E-state index contributed by atoms with van der Waals surface area (Å²) in [6.45, 7) is 8.03. The van der Waals surface area contributed by atoms with Gasteiger partial charge in [-0.05, 0) is 24.7 Å². The molecule has 0 heterocycles. The van der Waals surface area contributed by atoms with Crippen LogP contribution in [0.3, 0.4) is 0 Å². The molecule has 0 aliphatic heterocycles. The second kappa shape index (κ2) is 4.07. The zero-order valence-electron chi connectivity index (χ0n) is 7.96. The Kier molecular flexibility index (Phi) is 4.04. The molecule has 0 saturated heterocycles. The van der Waals surface area contributed by atoms with E-state index in [9.17, 15) is 5.11 Å². The Morgan fingerprint density at radius 1 is 1.27 bits per heavy atom. The molecule has 0 amide bonds. The lowest BCUT2D eigenvalue weighted by Crippen LogP contribution is -2.29. The van der Waals surface area contributed by atoms with E-state index in [1.54, 1.807) is 6.92 Å². The second-order valence-corrected chi connectivity index (χ2v) is 4.16. The first-order valence-electron chi connectivity index (χ1n) is 4.19. The summed E-state index contributed by atoms with van der Waals surface area (Å²) in [5.41, 5.74) is -0.0812. The summed E-state index contributed by atoms with van der Waals surface area (Å²) in [6, 6.07) is 0. The smallest absolute Gasteiger partial charge is 0.0563 e. The summed E-state index contributed by atoms with van der Waals surface area (Å²) in [7, 11) is 0. The van der Waals surface area contributed by atoms with Gasteiger partial charge in [0.05, 0.1) is 6.10 Å². The molecule has 2 unspecified atom stereocenters. The van der Waals surface area contributed by atoms with Gasteiger partial charge >= 0.3 is 0 Å². The highest BCUT2D eigenvalue weighted by Gasteiger charge is 2.25. The summed E-state index contributed by atoms with van der Waals surface area (Å²) in [6.07, 6.45) is 0.553. The van der Waals surface area contributed by atoms with E-state index in [0.717, 1.165) is 6.42 Å². The van der Waals surface area contributed by atoms with Gasteiger partial charge in [-0.25, -0.2) is 0 Å². The van der Waals surface area contributed by atoms with E-state index in [1.165, 1.54) is 0 Å². The lowest BCUT2D eigenvalue weighted by atomic mass is 9.79. The largest absolute Gasteiger partial charge is 0.396 e. The Morgan fingerprint density at radius 2 is 1.73 bits per heavy atom. The van der Waals surface area contributed by atoms with Crippen molar-refractivity contribution in [2.24, 2.45) is 11.3 Å². The molecule has 0 aliphatic rings. The van der Waals surface area contributed by atoms with Crippen LogP contribution in [-0.2, 0) is 0 Å². The fourth-order valence-corrected chi connectivity index (χ4v) is 1.13. The Labute approximate surface area is 69.2 Å². The zero-order chi connectivity index (χ0) is 9.07. The van der Waals surface area contributed by atoms with E-state index in [0.29, 0.717) is 0 Å². The predicted octanol–water partition coefficient (Wildman–Crippen LogP) is 1.41. The van der Waals surface area contributed by atoms with Crippen LogP contribution in [0.15, 0.2) is 0 Å². The van der Waals surface area contributed by atoms with Crippen molar-refractivity contribution in [3.8, 4) is 0 Å². The van der Waals surface area contributed by atoms with E-state index in [1.807, 2.05) is 20.8 Å². The van der Waals surface area contributed by atoms with Crippen LogP contribution in [0, 0.1) is 11.3 Å². The highest BCUT2D eigenvalue weighted by molar-refractivity contribution is 4.76. The van der Waals surface area contributed by atoms with Crippen LogP contribution in [0.1, 0.15) is 34.1 Å². The molecule has 2 atom stereocenters. The number of rotatable bonds is 4. The Bertz CT molecular complexity index is 108. The van der Waals surface area contributed by atoms with Crippen molar-refractivity contribution in [3.05, 3.63) is 0 Å². The molecule has 0 bridgehead atoms. The van der Waals surface area contributed by atoms with E-state index in [-0.39, 0.29) is 24.0 Å². The van der Waals surface area contributed by atoms with Crippen LogP contribution in [0.4, 0.5) is 0 Å². The van der Waals surface area contributed by atoms with Crippen molar-refractivity contribution in [2.45, 2.75) is 40.2 Å². The van der Waals surface area contributed by atoms with Crippen molar-refractivity contribution < 1.29 is 10.2 Å². The molecule has 0 spiro atoms. The summed E-state index contributed by atoms with van der Waals surface area (Å²) in [5, 5.41) is 18.1. The molecule has 0 aromatic heterocycles. The molecule has 0 saturated carbocycles. The molecule has 0 fully saturated rings. The lowest BCUT2D eigenvalue weighted by molar-refractivity contribution is 0.0405. The Hall–Kier alpha value is -0.0800. The van der Waals surface area contributed by atoms with Gasteiger partial charge in [-0.3, -0.25) is 0 Å². The molecule has 0 rings (SSSR count). The molecular weight excluding hydrogens is 140 g/mol. The molecule has 0 aliphatic carbocycles. The molecule has 68 valence electrons. The third kappa shape index (κ3) is 3.73. The number of hydrogen-bond acceptors (Lipinski definition) is 2. The minimum Gasteiger partial charge on any atom is -0.396 e. The second-order valence-electron chi connectivity index (χ2n) is 4.16. The van der Waals surface area contributed by atoms with Crippen LogP contribution >= 0.6 is 0 Å². The van der Waals surface area contributed by atoms with Crippen LogP contribution in [-0.4, -0.2) is 22.9 Å². The Morgan fingerprint density at radius 3 is 2.00 bits per heavy atom. The summed E-state index contributed by atoms with van der Waals surface area (Å²) in [5.74, 6) is 0.277. The van der Waals surface area contributed by atoms with Gasteiger partial charge in [0, 0.05) is 6.61 Å². The number of hydrogen-bond donors (Lipinski definition) is 2. The SMILES string of the molecule is CC(CO)CC(C)(C)C(C)O. The molecule has 11 heavy (non-hydrogen) atoms. The number of aliphatic hydroxyl groups excluding tert-OH is 2. The van der Waals surface area contributed by atoms with Gasteiger partial charge in [-0.2, -0.15) is 0 Å². The molecule has 2 N–H and O–H groups in total. The third-order valence-electron chi connectivity index (χ3n) is 2.32. The summed E-state index contributed by atoms with van der Waals surface area (Å²) >= 11 is 0. The van der Waals surface area contributed by atoms with Gasteiger partial charge in [0.25, 0.3) is 0 Å². The van der Waals surface area contributed by atoms with Gasteiger partial charge in [0.2, 0.25) is 0 Å². The predicted molar refractivity (Wildman–Crippen MR) is 46.3 cm³/mol. The normalized spacial score (nSPS) is 18.0. The zero-order valence-corrected chi connectivity index (χ0v) is 7.96.